The van der Waals surface area contributed by atoms with E-state index in [0.29, 0.717) is 12.8 Å². The third-order valence-corrected chi connectivity index (χ3v) is 4.58. The molecule has 0 saturated heterocycles. The third-order valence-electron chi connectivity index (χ3n) is 4.58. The molecule has 0 rings (SSSR count). The van der Waals surface area contributed by atoms with Gasteiger partial charge in [0.25, 0.3) is 0 Å². The fourth-order valence-corrected chi connectivity index (χ4v) is 3.13. The first kappa shape index (κ1) is 29.5. The van der Waals surface area contributed by atoms with E-state index >= 15 is 0 Å². The van der Waals surface area contributed by atoms with Gasteiger partial charge in [-0.15, -0.1) is 0 Å². The number of hydrogen-bond donors (Lipinski definition) is 5. The number of nitrogens with two attached hydrogens (primary N) is 1. The molecule has 0 saturated carbocycles. The van der Waals surface area contributed by atoms with Gasteiger partial charge >= 0.3 is 5.97 Å². The van der Waals surface area contributed by atoms with Gasteiger partial charge in [-0.3, -0.25) is 24.0 Å². The van der Waals surface area contributed by atoms with Crippen LogP contribution in [0.25, 0.3) is 0 Å². The van der Waals surface area contributed by atoms with Crippen LogP contribution < -0.4 is 21.7 Å². The van der Waals surface area contributed by atoms with E-state index in [1.165, 1.54) is 0 Å². The molecule has 0 aliphatic rings. The summed E-state index contributed by atoms with van der Waals surface area (Å²) >= 11 is 0. The zero-order valence-corrected chi connectivity index (χ0v) is 19.9. The van der Waals surface area contributed by atoms with Crippen LogP contribution in [0.4, 0.5) is 0 Å². The van der Waals surface area contributed by atoms with Crippen LogP contribution in [0.5, 0.6) is 0 Å². The van der Waals surface area contributed by atoms with Gasteiger partial charge < -0.3 is 26.8 Å². The van der Waals surface area contributed by atoms with Crippen molar-refractivity contribution in [2.45, 2.75) is 91.4 Å². The van der Waals surface area contributed by atoms with Crippen LogP contribution in [0.1, 0.15) is 67.2 Å². The highest BCUT2D eigenvalue weighted by molar-refractivity contribution is 5.95. The predicted octanol–water partition coefficient (Wildman–Crippen LogP) is 0.491. The summed E-state index contributed by atoms with van der Waals surface area (Å²) < 4.78 is 0. The molecule has 0 fully saturated rings. The quantitative estimate of drug-likeness (QED) is 0.239. The number of rotatable bonds is 15. The van der Waals surface area contributed by atoms with Crippen molar-refractivity contribution in [2.75, 3.05) is 0 Å². The lowest BCUT2D eigenvalue weighted by Crippen LogP contribution is -2.57. The molecule has 10 nitrogen and oxygen atoms in total. The van der Waals surface area contributed by atoms with Crippen molar-refractivity contribution in [3.8, 4) is 0 Å². The van der Waals surface area contributed by atoms with Crippen molar-refractivity contribution >= 4 is 30.0 Å². The minimum Gasteiger partial charge on any atom is -0.481 e. The zero-order chi connectivity index (χ0) is 25.0. The Bertz CT molecular complexity index is 650. The fourth-order valence-electron chi connectivity index (χ4n) is 3.13. The van der Waals surface area contributed by atoms with E-state index in [1.807, 2.05) is 41.5 Å². The summed E-state index contributed by atoms with van der Waals surface area (Å²) in [5.41, 5.74) is 5.83. The Labute approximate surface area is 190 Å². The first-order chi connectivity index (χ1) is 14.8. The van der Waals surface area contributed by atoms with E-state index in [1.54, 1.807) is 6.29 Å². The van der Waals surface area contributed by atoms with Crippen molar-refractivity contribution in [1.82, 2.24) is 16.0 Å². The van der Waals surface area contributed by atoms with Gasteiger partial charge in [0.2, 0.25) is 24.0 Å². The fraction of sp³-hybridized carbons (Fsp3) is 0.773. The molecule has 4 atom stereocenters. The van der Waals surface area contributed by atoms with Crippen LogP contribution in [0, 0.1) is 17.8 Å². The molecule has 0 aromatic carbocycles. The van der Waals surface area contributed by atoms with Crippen molar-refractivity contribution in [3.63, 3.8) is 0 Å². The van der Waals surface area contributed by atoms with Gasteiger partial charge in [-0.1, -0.05) is 41.5 Å². The summed E-state index contributed by atoms with van der Waals surface area (Å²) in [5.74, 6) is -3.02. The number of carboxylic acids is 1. The van der Waals surface area contributed by atoms with Crippen molar-refractivity contribution < 1.29 is 29.1 Å². The van der Waals surface area contributed by atoms with E-state index in [0.717, 1.165) is 0 Å². The zero-order valence-electron chi connectivity index (χ0n) is 19.9. The summed E-state index contributed by atoms with van der Waals surface area (Å²) in [6, 6.07) is -4.13. The average Bonchev–Trinajstić information content (AvgIpc) is 2.64. The molecular formula is C22H39N4O6. The molecule has 0 aromatic heterocycles. The van der Waals surface area contributed by atoms with E-state index < -0.39 is 54.3 Å². The molecule has 183 valence electrons. The number of hydrogen-bond acceptors (Lipinski definition) is 6. The molecule has 0 heterocycles. The van der Waals surface area contributed by atoms with Crippen molar-refractivity contribution in [3.05, 3.63) is 0 Å². The summed E-state index contributed by atoms with van der Waals surface area (Å²) in [5, 5.41) is 16.6. The molecule has 10 heteroatoms. The van der Waals surface area contributed by atoms with Crippen molar-refractivity contribution in [2.24, 2.45) is 23.5 Å². The summed E-state index contributed by atoms with van der Waals surface area (Å²) in [4.78, 5) is 60.3. The Hall–Kier alpha value is -2.49. The summed E-state index contributed by atoms with van der Waals surface area (Å²) in [7, 11) is 0. The topological polar surface area (TPSA) is 168 Å². The Balaban J connectivity index is 5.42. The van der Waals surface area contributed by atoms with E-state index in [-0.39, 0.29) is 24.2 Å². The number of aliphatic carboxylic acids is 1. The first-order valence-corrected chi connectivity index (χ1v) is 11.0. The molecule has 0 spiro atoms. The predicted molar refractivity (Wildman–Crippen MR) is 120 cm³/mol. The molecule has 0 unspecified atom stereocenters. The Morgan fingerprint density at radius 2 is 1.22 bits per heavy atom. The van der Waals surface area contributed by atoms with Gasteiger partial charge in [-0.25, -0.2) is 0 Å². The summed E-state index contributed by atoms with van der Waals surface area (Å²) in [6.45, 7) is 11.3. The van der Waals surface area contributed by atoms with Gasteiger partial charge in [0.15, 0.2) is 0 Å². The van der Waals surface area contributed by atoms with Gasteiger partial charge in [0.05, 0.1) is 18.5 Å². The maximum atomic E-state index is 12.8. The minimum absolute atomic E-state index is 0.0155. The largest absolute Gasteiger partial charge is 0.481 e. The maximum absolute atomic E-state index is 12.8. The smallest absolute Gasteiger partial charge is 0.305 e. The van der Waals surface area contributed by atoms with Gasteiger partial charge in [-0.05, 0) is 37.0 Å². The number of carboxylic acid groups (broad SMARTS) is 1. The highest BCUT2D eigenvalue weighted by atomic mass is 16.4. The molecule has 0 bridgehead atoms. The molecule has 32 heavy (non-hydrogen) atoms. The Kier molecular flexibility index (Phi) is 13.4. The highest BCUT2D eigenvalue weighted by Gasteiger charge is 2.31. The van der Waals surface area contributed by atoms with E-state index in [9.17, 15) is 24.0 Å². The highest BCUT2D eigenvalue weighted by Crippen LogP contribution is 2.09. The van der Waals surface area contributed by atoms with Gasteiger partial charge in [0.1, 0.15) is 12.1 Å². The lowest BCUT2D eigenvalue weighted by Gasteiger charge is -2.25. The van der Waals surface area contributed by atoms with Crippen molar-refractivity contribution in [1.29, 1.82) is 0 Å². The molecule has 6 N–H and O–H groups in total. The van der Waals surface area contributed by atoms with Crippen LogP contribution in [-0.4, -0.2) is 59.3 Å². The van der Waals surface area contributed by atoms with Gasteiger partial charge in [-0.2, -0.15) is 0 Å². The molecule has 0 aliphatic heterocycles. The standard InChI is InChI=1S/C22H39N4O6/c1-12(2)7-15(11-27)24-21(31)17(9-14(5)6)26-22(32)18(10-19(28)29)25-20(30)16(23)8-13(3)4/h12-18H,7-10,23H2,1-6H3,(H,24,31)(H,25,30)(H,26,32)(H,28,29)/t15-,16-,17-,18-/m0/s1. The third kappa shape index (κ3) is 12.4. The molecular weight excluding hydrogens is 416 g/mol. The molecule has 0 aromatic rings. The van der Waals surface area contributed by atoms with Crippen LogP contribution in [0.3, 0.4) is 0 Å². The number of amides is 3. The second-order valence-corrected chi connectivity index (χ2v) is 9.39. The lowest BCUT2D eigenvalue weighted by molar-refractivity contribution is -0.141. The Morgan fingerprint density at radius 3 is 1.66 bits per heavy atom. The molecule has 0 aliphatic carbocycles. The minimum atomic E-state index is -1.40. The SMILES string of the molecule is CC(C)C[C@@H]([C]=O)NC(=O)[C@H](CC(C)C)NC(=O)[C@H](CC(=O)O)NC(=O)[C@@H](N)CC(C)C. The molecule has 3 amide bonds. The summed E-state index contributed by atoms with van der Waals surface area (Å²) in [6.07, 6.45) is 2.13. The average molecular weight is 456 g/mol. The van der Waals surface area contributed by atoms with Gasteiger partial charge in [0, 0.05) is 0 Å². The van der Waals surface area contributed by atoms with Crippen LogP contribution >= 0.6 is 0 Å². The normalized spacial score (nSPS) is 15.1. The number of nitrogens with one attached hydrogen (secondary N) is 3. The second kappa shape index (κ2) is 14.5. The monoisotopic (exact) mass is 455 g/mol. The number of carbonyl (C=O) groups excluding carboxylic acids is 4. The molecule has 1 radical (unpaired) electrons. The second-order valence-electron chi connectivity index (χ2n) is 9.39. The van der Waals surface area contributed by atoms with Crippen LogP contribution in [-0.2, 0) is 24.0 Å². The maximum Gasteiger partial charge on any atom is 0.305 e. The number of carbonyl (C=O) groups is 4. The van der Waals surface area contributed by atoms with E-state index in [2.05, 4.69) is 16.0 Å². The van der Waals surface area contributed by atoms with E-state index in [4.69, 9.17) is 10.8 Å². The van der Waals surface area contributed by atoms with Crippen LogP contribution in [0.15, 0.2) is 0 Å². The first-order valence-electron chi connectivity index (χ1n) is 11.0. The Morgan fingerprint density at radius 1 is 0.750 bits per heavy atom. The lowest BCUT2D eigenvalue weighted by atomic mass is 10.00. The van der Waals surface area contributed by atoms with Crippen LogP contribution in [0.2, 0.25) is 0 Å².